The Balaban J connectivity index is 1.71. The molecule has 1 aromatic rings. The molecule has 0 radical (unpaired) electrons. The van der Waals surface area contributed by atoms with Gasteiger partial charge in [0.05, 0.1) is 12.1 Å². The van der Waals surface area contributed by atoms with E-state index in [4.69, 9.17) is 0 Å². The van der Waals surface area contributed by atoms with Gasteiger partial charge in [-0.15, -0.1) is 0 Å². The number of carbonyl (C=O) groups is 1. The van der Waals surface area contributed by atoms with E-state index >= 15 is 0 Å². The minimum Gasteiger partial charge on any atom is -0.339 e. The summed E-state index contributed by atoms with van der Waals surface area (Å²) in [7, 11) is 0. The van der Waals surface area contributed by atoms with Gasteiger partial charge in [-0.25, -0.2) is 9.67 Å². The van der Waals surface area contributed by atoms with Gasteiger partial charge < -0.3 is 4.90 Å². The first-order valence-corrected chi connectivity index (χ1v) is 9.41. The number of aromatic nitrogens is 3. The summed E-state index contributed by atoms with van der Waals surface area (Å²) >= 11 is 0. The number of nitrogens with zero attached hydrogens (tertiary/aromatic N) is 5. The van der Waals surface area contributed by atoms with Crippen LogP contribution in [0, 0.1) is 13.8 Å². The van der Waals surface area contributed by atoms with Crippen LogP contribution in [-0.2, 0) is 4.79 Å². The molecular weight excluding hydrogens is 302 g/mol. The van der Waals surface area contributed by atoms with Crippen molar-refractivity contribution < 1.29 is 4.79 Å². The molecule has 0 N–H and O–H groups in total. The van der Waals surface area contributed by atoms with Gasteiger partial charge in [-0.2, -0.15) is 5.10 Å². The highest BCUT2D eigenvalue weighted by molar-refractivity contribution is 5.82. The second kappa shape index (κ2) is 7.21. The lowest BCUT2D eigenvalue weighted by Crippen LogP contribution is -2.55. The Morgan fingerprint density at radius 1 is 1.12 bits per heavy atom. The van der Waals surface area contributed by atoms with Crippen molar-refractivity contribution in [1.82, 2.24) is 24.6 Å². The molecule has 3 rings (SSSR count). The Labute approximate surface area is 145 Å². The molecule has 1 aromatic heterocycles. The quantitative estimate of drug-likeness (QED) is 0.852. The number of aryl methyl sites for hydroxylation is 2. The molecule has 2 atom stereocenters. The first-order chi connectivity index (χ1) is 11.5. The standard InChI is InChI=1S/C18H31N5O/c1-13(2)22-11-6-5-9-17(22)18(24)21-10-7-8-16(12-21)23-15(4)19-14(3)20-23/h13,16-17H,5-12H2,1-4H3. The smallest absolute Gasteiger partial charge is 0.240 e. The molecule has 6 nitrogen and oxygen atoms in total. The maximum Gasteiger partial charge on any atom is 0.240 e. The van der Waals surface area contributed by atoms with Crippen molar-refractivity contribution in [2.24, 2.45) is 0 Å². The van der Waals surface area contributed by atoms with Gasteiger partial charge in [0, 0.05) is 19.1 Å². The van der Waals surface area contributed by atoms with Crippen molar-refractivity contribution >= 4 is 5.91 Å². The van der Waals surface area contributed by atoms with Gasteiger partial charge in [-0.05, 0) is 59.9 Å². The highest BCUT2D eigenvalue weighted by Crippen LogP contribution is 2.26. The van der Waals surface area contributed by atoms with E-state index in [1.165, 1.54) is 6.42 Å². The van der Waals surface area contributed by atoms with Crippen LogP contribution < -0.4 is 0 Å². The molecule has 2 fully saturated rings. The minimum absolute atomic E-state index is 0.0658. The maximum atomic E-state index is 13.2. The molecule has 6 heteroatoms. The number of hydrogen-bond donors (Lipinski definition) is 0. The molecule has 3 heterocycles. The summed E-state index contributed by atoms with van der Waals surface area (Å²) in [5.74, 6) is 2.09. The minimum atomic E-state index is 0.0658. The first kappa shape index (κ1) is 17.4. The van der Waals surface area contributed by atoms with E-state index in [9.17, 15) is 4.79 Å². The van der Waals surface area contributed by atoms with Crippen LogP contribution in [0.2, 0.25) is 0 Å². The van der Waals surface area contributed by atoms with Gasteiger partial charge in [0.1, 0.15) is 11.6 Å². The van der Waals surface area contributed by atoms with E-state index in [2.05, 4.69) is 33.7 Å². The highest BCUT2D eigenvalue weighted by Gasteiger charge is 2.35. The Kier molecular flexibility index (Phi) is 5.23. The van der Waals surface area contributed by atoms with Crippen molar-refractivity contribution in [2.45, 2.75) is 77.9 Å². The van der Waals surface area contributed by atoms with Gasteiger partial charge in [0.2, 0.25) is 5.91 Å². The number of piperidine rings is 2. The van der Waals surface area contributed by atoms with Crippen LogP contribution in [0.3, 0.4) is 0 Å². The molecule has 2 saturated heterocycles. The number of amides is 1. The monoisotopic (exact) mass is 333 g/mol. The number of rotatable bonds is 3. The zero-order valence-corrected chi connectivity index (χ0v) is 15.5. The van der Waals surface area contributed by atoms with E-state index in [0.29, 0.717) is 11.9 Å². The van der Waals surface area contributed by atoms with E-state index < -0.39 is 0 Å². The van der Waals surface area contributed by atoms with Crippen LogP contribution in [0.5, 0.6) is 0 Å². The Bertz CT molecular complexity index is 582. The summed E-state index contributed by atoms with van der Waals surface area (Å²) < 4.78 is 2.02. The molecule has 2 aliphatic rings. The first-order valence-electron chi connectivity index (χ1n) is 9.41. The SMILES string of the molecule is Cc1nc(C)n(C2CCCN(C(=O)C3CCCCN3C(C)C)C2)n1. The van der Waals surface area contributed by atoms with Crippen molar-refractivity contribution in [3.63, 3.8) is 0 Å². The summed E-state index contributed by atoms with van der Waals surface area (Å²) in [6.45, 7) is 11.0. The largest absolute Gasteiger partial charge is 0.339 e. The summed E-state index contributed by atoms with van der Waals surface area (Å²) in [5, 5.41) is 4.54. The molecule has 0 aliphatic carbocycles. The van der Waals surface area contributed by atoms with Gasteiger partial charge in [0.25, 0.3) is 0 Å². The zero-order chi connectivity index (χ0) is 17.3. The average molecular weight is 333 g/mol. The third-order valence-electron chi connectivity index (χ3n) is 5.45. The number of carbonyl (C=O) groups excluding carboxylic acids is 1. The third-order valence-corrected chi connectivity index (χ3v) is 5.45. The highest BCUT2D eigenvalue weighted by atomic mass is 16.2. The Morgan fingerprint density at radius 2 is 1.92 bits per heavy atom. The fourth-order valence-electron chi connectivity index (χ4n) is 4.28. The Hall–Kier alpha value is -1.43. The predicted octanol–water partition coefficient (Wildman–Crippen LogP) is 2.32. The van der Waals surface area contributed by atoms with Gasteiger partial charge >= 0.3 is 0 Å². The summed E-state index contributed by atoms with van der Waals surface area (Å²) in [6, 6.07) is 0.760. The molecule has 24 heavy (non-hydrogen) atoms. The lowest BCUT2D eigenvalue weighted by molar-refractivity contribution is -0.141. The van der Waals surface area contributed by atoms with Gasteiger partial charge in [0.15, 0.2) is 0 Å². The fraction of sp³-hybridized carbons (Fsp3) is 0.833. The molecule has 0 saturated carbocycles. The van der Waals surface area contributed by atoms with Crippen LogP contribution in [0.15, 0.2) is 0 Å². The molecule has 2 aliphatic heterocycles. The van der Waals surface area contributed by atoms with Crippen LogP contribution in [-0.4, -0.2) is 62.2 Å². The van der Waals surface area contributed by atoms with E-state index in [1.807, 2.05) is 18.5 Å². The third kappa shape index (κ3) is 3.48. The van der Waals surface area contributed by atoms with Gasteiger partial charge in [-0.1, -0.05) is 6.42 Å². The topological polar surface area (TPSA) is 54.3 Å². The van der Waals surface area contributed by atoms with E-state index in [0.717, 1.165) is 57.0 Å². The number of likely N-dealkylation sites (tertiary alicyclic amines) is 2. The predicted molar refractivity (Wildman–Crippen MR) is 93.8 cm³/mol. The van der Waals surface area contributed by atoms with Gasteiger partial charge in [-0.3, -0.25) is 9.69 Å². The molecule has 0 spiro atoms. The molecule has 0 aromatic carbocycles. The summed E-state index contributed by atoms with van der Waals surface area (Å²) in [5.41, 5.74) is 0. The molecule has 0 bridgehead atoms. The lowest BCUT2D eigenvalue weighted by atomic mass is 9.97. The maximum absolute atomic E-state index is 13.2. The normalized spacial score (nSPS) is 26.1. The molecular formula is C18H31N5O. The lowest BCUT2D eigenvalue weighted by Gasteiger charge is -2.42. The second-order valence-electron chi connectivity index (χ2n) is 7.57. The molecule has 1 amide bonds. The van der Waals surface area contributed by atoms with Crippen molar-refractivity contribution in [1.29, 1.82) is 0 Å². The molecule has 134 valence electrons. The van der Waals surface area contributed by atoms with Crippen LogP contribution in [0.1, 0.15) is 63.6 Å². The van der Waals surface area contributed by atoms with E-state index in [1.54, 1.807) is 0 Å². The summed E-state index contributed by atoms with van der Waals surface area (Å²) in [6.07, 6.45) is 5.50. The van der Waals surface area contributed by atoms with Crippen molar-refractivity contribution in [3.8, 4) is 0 Å². The van der Waals surface area contributed by atoms with Crippen LogP contribution >= 0.6 is 0 Å². The summed E-state index contributed by atoms with van der Waals surface area (Å²) in [4.78, 5) is 22.1. The van der Waals surface area contributed by atoms with Crippen LogP contribution in [0.25, 0.3) is 0 Å². The number of hydrogen-bond acceptors (Lipinski definition) is 4. The average Bonchev–Trinajstić information content (AvgIpc) is 2.92. The second-order valence-corrected chi connectivity index (χ2v) is 7.57. The van der Waals surface area contributed by atoms with E-state index in [-0.39, 0.29) is 12.1 Å². The fourth-order valence-corrected chi connectivity index (χ4v) is 4.28. The van der Waals surface area contributed by atoms with Crippen molar-refractivity contribution in [2.75, 3.05) is 19.6 Å². The zero-order valence-electron chi connectivity index (χ0n) is 15.5. The molecule has 2 unspecified atom stereocenters. The van der Waals surface area contributed by atoms with Crippen molar-refractivity contribution in [3.05, 3.63) is 11.6 Å². The Morgan fingerprint density at radius 3 is 2.58 bits per heavy atom. The van der Waals surface area contributed by atoms with Crippen LogP contribution in [0.4, 0.5) is 0 Å².